The van der Waals surface area contributed by atoms with Gasteiger partial charge < -0.3 is 14.8 Å². The fourth-order valence-electron chi connectivity index (χ4n) is 3.81. The van der Waals surface area contributed by atoms with Crippen molar-refractivity contribution in [2.75, 3.05) is 19.0 Å². The number of nitrogens with one attached hydrogen (secondary N) is 2. The molecule has 154 valence electrons. The Kier molecular flexibility index (Phi) is 6.00. The molecule has 1 amide bonds. The molecule has 0 fully saturated rings. The van der Waals surface area contributed by atoms with Gasteiger partial charge in [-0.3, -0.25) is 10.1 Å². The predicted molar refractivity (Wildman–Crippen MR) is 118 cm³/mol. The van der Waals surface area contributed by atoms with Gasteiger partial charge in [-0.05, 0) is 36.2 Å². The summed E-state index contributed by atoms with van der Waals surface area (Å²) in [5, 5.41) is 6.62. The molecule has 5 nitrogen and oxygen atoms in total. The summed E-state index contributed by atoms with van der Waals surface area (Å²) in [7, 11) is 1.60. The lowest BCUT2D eigenvalue weighted by atomic mass is 9.97. The van der Waals surface area contributed by atoms with Gasteiger partial charge in [0, 0.05) is 18.0 Å². The number of carbonyl (C=O) groups excluding carboxylic acids is 1. The molecule has 0 spiro atoms. The van der Waals surface area contributed by atoms with E-state index < -0.39 is 6.04 Å². The Hall–Kier alpha value is -3.31. The number of methoxy groups -OCH3 is 1. The first kappa shape index (κ1) is 20.0. The molecule has 0 aliphatic carbocycles. The van der Waals surface area contributed by atoms with Crippen LogP contribution in [0.3, 0.4) is 0 Å². The zero-order chi connectivity index (χ0) is 20.9. The SMILES string of the molecule is COc1ccc(C)cc1NC(=O)[C@H](N[C@H]1CCOc2ccccc21)c1ccccc1. The second-order valence-corrected chi connectivity index (χ2v) is 7.43. The van der Waals surface area contributed by atoms with E-state index >= 15 is 0 Å². The first-order chi connectivity index (χ1) is 14.7. The monoisotopic (exact) mass is 402 g/mol. The molecule has 4 rings (SSSR count). The van der Waals surface area contributed by atoms with Crippen molar-refractivity contribution < 1.29 is 14.3 Å². The average Bonchev–Trinajstić information content (AvgIpc) is 2.78. The van der Waals surface area contributed by atoms with Crippen LogP contribution in [0.25, 0.3) is 0 Å². The van der Waals surface area contributed by atoms with E-state index in [1.165, 1.54) is 0 Å². The molecule has 3 aromatic rings. The molecule has 1 aliphatic heterocycles. The van der Waals surface area contributed by atoms with E-state index in [0.29, 0.717) is 18.0 Å². The highest BCUT2D eigenvalue weighted by atomic mass is 16.5. The van der Waals surface area contributed by atoms with Crippen LogP contribution >= 0.6 is 0 Å². The maximum absolute atomic E-state index is 13.4. The number of fused-ring (bicyclic) bond motifs is 1. The van der Waals surface area contributed by atoms with Gasteiger partial charge in [-0.2, -0.15) is 0 Å². The third-order valence-electron chi connectivity index (χ3n) is 5.33. The van der Waals surface area contributed by atoms with Crippen molar-refractivity contribution in [2.24, 2.45) is 0 Å². The number of carbonyl (C=O) groups is 1. The van der Waals surface area contributed by atoms with Gasteiger partial charge in [-0.15, -0.1) is 0 Å². The van der Waals surface area contributed by atoms with Crippen LogP contribution in [0.1, 0.15) is 35.2 Å². The van der Waals surface area contributed by atoms with Crippen molar-refractivity contribution in [3.8, 4) is 11.5 Å². The van der Waals surface area contributed by atoms with Gasteiger partial charge in [0.1, 0.15) is 17.5 Å². The van der Waals surface area contributed by atoms with E-state index in [4.69, 9.17) is 9.47 Å². The number of para-hydroxylation sites is 1. The van der Waals surface area contributed by atoms with Crippen molar-refractivity contribution >= 4 is 11.6 Å². The molecule has 0 bridgehead atoms. The Morgan fingerprint density at radius 1 is 1.07 bits per heavy atom. The van der Waals surface area contributed by atoms with Gasteiger partial charge in [0.15, 0.2) is 0 Å². The molecule has 1 heterocycles. The van der Waals surface area contributed by atoms with Crippen LogP contribution in [0.5, 0.6) is 11.5 Å². The number of benzene rings is 3. The Morgan fingerprint density at radius 2 is 1.83 bits per heavy atom. The van der Waals surface area contributed by atoms with E-state index in [1.54, 1.807) is 7.11 Å². The molecule has 3 aromatic carbocycles. The fraction of sp³-hybridized carbons (Fsp3) is 0.240. The molecule has 2 atom stereocenters. The Balaban J connectivity index is 1.63. The summed E-state index contributed by atoms with van der Waals surface area (Å²) < 4.78 is 11.2. The molecule has 5 heteroatoms. The summed E-state index contributed by atoms with van der Waals surface area (Å²) in [6.45, 7) is 2.60. The van der Waals surface area contributed by atoms with Crippen molar-refractivity contribution in [1.82, 2.24) is 5.32 Å². The van der Waals surface area contributed by atoms with Crippen LogP contribution in [0.15, 0.2) is 72.8 Å². The van der Waals surface area contributed by atoms with Crippen molar-refractivity contribution in [1.29, 1.82) is 0 Å². The maximum atomic E-state index is 13.4. The predicted octanol–water partition coefficient (Wildman–Crippen LogP) is 4.80. The van der Waals surface area contributed by atoms with E-state index in [0.717, 1.165) is 28.9 Å². The molecule has 0 radical (unpaired) electrons. The average molecular weight is 402 g/mol. The normalized spacial score (nSPS) is 16.1. The lowest BCUT2D eigenvalue weighted by molar-refractivity contribution is -0.118. The van der Waals surface area contributed by atoms with Crippen molar-refractivity contribution in [2.45, 2.75) is 25.4 Å². The first-order valence-corrected chi connectivity index (χ1v) is 10.1. The number of anilines is 1. The highest BCUT2D eigenvalue weighted by Crippen LogP contribution is 2.34. The van der Waals surface area contributed by atoms with Gasteiger partial charge in [0.25, 0.3) is 0 Å². The highest BCUT2D eigenvalue weighted by molar-refractivity contribution is 5.97. The summed E-state index contributed by atoms with van der Waals surface area (Å²) in [6.07, 6.45) is 0.793. The second-order valence-electron chi connectivity index (χ2n) is 7.43. The maximum Gasteiger partial charge on any atom is 0.246 e. The van der Waals surface area contributed by atoms with Crippen LogP contribution < -0.4 is 20.1 Å². The van der Waals surface area contributed by atoms with Gasteiger partial charge >= 0.3 is 0 Å². The summed E-state index contributed by atoms with van der Waals surface area (Å²) in [4.78, 5) is 13.4. The number of hydrogen-bond acceptors (Lipinski definition) is 4. The molecular weight excluding hydrogens is 376 g/mol. The third kappa shape index (κ3) is 4.31. The van der Waals surface area contributed by atoms with E-state index in [-0.39, 0.29) is 11.9 Å². The molecule has 1 aliphatic rings. The zero-order valence-electron chi connectivity index (χ0n) is 17.2. The van der Waals surface area contributed by atoms with Crippen LogP contribution in [0.2, 0.25) is 0 Å². The van der Waals surface area contributed by atoms with Crippen LogP contribution in [-0.2, 0) is 4.79 Å². The third-order valence-corrected chi connectivity index (χ3v) is 5.33. The molecular formula is C25H26N2O3. The van der Waals surface area contributed by atoms with Crippen molar-refractivity contribution in [3.63, 3.8) is 0 Å². The topological polar surface area (TPSA) is 59.6 Å². The molecule has 30 heavy (non-hydrogen) atoms. The fourth-order valence-corrected chi connectivity index (χ4v) is 3.81. The molecule has 0 saturated carbocycles. The van der Waals surface area contributed by atoms with Gasteiger partial charge in [0.2, 0.25) is 5.91 Å². The number of hydrogen-bond donors (Lipinski definition) is 2. The Labute approximate surface area is 177 Å². The smallest absolute Gasteiger partial charge is 0.246 e. The Morgan fingerprint density at radius 3 is 2.63 bits per heavy atom. The van der Waals surface area contributed by atoms with E-state index in [1.807, 2.05) is 73.7 Å². The number of amides is 1. The molecule has 0 saturated heterocycles. The minimum absolute atomic E-state index is 0.0188. The summed E-state index contributed by atoms with van der Waals surface area (Å²) in [5.41, 5.74) is 3.70. The van der Waals surface area contributed by atoms with Crippen LogP contribution in [0.4, 0.5) is 5.69 Å². The van der Waals surface area contributed by atoms with Crippen molar-refractivity contribution in [3.05, 3.63) is 89.5 Å². The molecule has 0 unspecified atom stereocenters. The standard InChI is InChI=1S/C25H26N2O3/c1-17-12-13-23(29-2)21(16-17)27-25(28)24(18-8-4-3-5-9-18)26-20-14-15-30-22-11-7-6-10-19(20)22/h3-13,16,20,24,26H,14-15H2,1-2H3,(H,27,28)/t20-,24+/m0/s1. The number of ether oxygens (including phenoxy) is 2. The van der Waals surface area contributed by atoms with E-state index in [9.17, 15) is 4.79 Å². The van der Waals surface area contributed by atoms with E-state index in [2.05, 4.69) is 16.7 Å². The molecule has 0 aromatic heterocycles. The largest absolute Gasteiger partial charge is 0.495 e. The van der Waals surface area contributed by atoms with Gasteiger partial charge in [-0.25, -0.2) is 0 Å². The van der Waals surface area contributed by atoms with Gasteiger partial charge in [0.05, 0.1) is 19.4 Å². The minimum atomic E-state index is -0.521. The Bertz CT molecular complexity index is 1020. The quantitative estimate of drug-likeness (QED) is 0.622. The lowest BCUT2D eigenvalue weighted by Gasteiger charge is -2.30. The van der Waals surface area contributed by atoms with Gasteiger partial charge in [-0.1, -0.05) is 54.6 Å². The summed E-state index contributed by atoms with van der Waals surface area (Å²) in [5.74, 6) is 1.38. The number of rotatable bonds is 6. The minimum Gasteiger partial charge on any atom is -0.495 e. The van der Waals surface area contributed by atoms with Crippen LogP contribution in [0, 0.1) is 6.92 Å². The second kappa shape index (κ2) is 9.01. The summed E-state index contributed by atoms with van der Waals surface area (Å²) >= 11 is 0. The lowest BCUT2D eigenvalue weighted by Crippen LogP contribution is -2.37. The zero-order valence-corrected chi connectivity index (χ0v) is 17.2. The van der Waals surface area contributed by atoms with Crippen LogP contribution in [-0.4, -0.2) is 19.6 Å². The number of aryl methyl sites for hydroxylation is 1. The molecule has 2 N–H and O–H groups in total. The first-order valence-electron chi connectivity index (χ1n) is 10.1. The summed E-state index contributed by atoms with van der Waals surface area (Å²) in [6, 6.07) is 23.0. The highest BCUT2D eigenvalue weighted by Gasteiger charge is 2.28.